The lowest BCUT2D eigenvalue weighted by Crippen LogP contribution is -2.57. The Morgan fingerprint density at radius 3 is 2.74 bits per heavy atom. The fourth-order valence-corrected chi connectivity index (χ4v) is 4.10. The minimum absolute atomic E-state index is 0.197. The molecule has 2 heterocycles. The number of nitrogens with zero attached hydrogens (tertiary/aromatic N) is 2. The molecule has 1 atom stereocenters. The second kappa shape index (κ2) is 6.10. The van der Waals surface area contributed by atoms with Gasteiger partial charge < -0.3 is 4.90 Å². The van der Waals surface area contributed by atoms with Crippen LogP contribution in [0.3, 0.4) is 0 Å². The van der Waals surface area contributed by atoms with Gasteiger partial charge in [0.05, 0.1) is 0 Å². The molecule has 118 valence electrons. The van der Waals surface area contributed by atoms with Gasteiger partial charge in [0.2, 0.25) is 0 Å². The van der Waals surface area contributed by atoms with Gasteiger partial charge in [-0.2, -0.15) is 0 Å². The molecule has 0 spiro atoms. The van der Waals surface area contributed by atoms with E-state index >= 15 is 0 Å². The number of hydrogen-bond acceptors (Lipinski definition) is 2. The van der Waals surface area contributed by atoms with E-state index in [9.17, 15) is 4.79 Å². The molecule has 0 bridgehead atoms. The van der Waals surface area contributed by atoms with Gasteiger partial charge in [-0.15, -0.1) is 0 Å². The third-order valence-electron chi connectivity index (χ3n) is 4.83. The number of hydrogen-bond donors (Lipinski definition) is 0. The van der Waals surface area contributed by atoms with Crippen LogP contribution in [-0.4, -0.2) is 41.4 Å². The van der Waals surface area contributed by atoms with Crippen LogP contribution in [0, 0.1) is 0 Å². The molecule has 2 aliphatic rings. The first-order valence-electron chi connectivity index (χ1n) is 8.06. The van der Waals surface area contributed by atoms with Gasteiger partial charge in [0.25, 0.3) is 5.91 Å². The predicted molar refractivity (Wildman–Crippen MR) is 94.4 cm³/mol. The standard InChI is InChI=1S/C19H19BrN2O/c20-16-6-7-18-15(10-16)11-17-13-21(8-9-22(17)19(18)23)12-14-4-2-1-3-5-14/h1-7,10,17H,8-9,11-13H2/t17-/m1/s1. The first-order chi connectivity index (χ1) is 11.2. The van der Waals surface area contributed by atoms with Crippen LogP contribution in [0.4, 0.5) is 0 Å². The number of rotatable bonds is 2. The molecule has 23 heavy (non-hydrogen) atoms. The zero-order valence-electron chi connectivity index (χ0n) is 12.9. The number of amides is 1. The zero-order valence-corrected chi connectivity index (χ0v) is 14.5. The Morgan fingerprint density at radius 1 is 1.09 bits per heavy atom. The quantitative estimate of drug-likeness (QED) is 0.809. The van der Waals surface area contributed by atoms with Crippen LogP contribution in [-0.2, 0) is 13.0 Å². The second-order valence-corrected chi connectivity index (χ2v) is 7.29. The molecule has 1 saturated heterocycles. The van der Waals surface area contributed by atoms with E-state index in [4.69, 9.17) is 0 Å². The summed E-state index contributed by atoms with van der Waals surface area (Å²) in [6, 6.07) is 16.9. The van der Waals surface area contributed by atoms with E-state index in [0.717, 1.165) is 42.6 Å². The maximum atomic E-state index is 12.7. The Morgan fingerprint density at radius 2 is 1.91 bits per heavy atom. The molecule has 0 radical (unpaired) electrons. The van der Waals surface area contributed by atoms with E-state index in [2.05, 4.69) is 62.1 Å². The van der Waals surface area contributed by atoms with Crippen LogP contribution in [0.15, 0.2) is 53.0 Å². The summed E-state index contributed by atoms with van der Waals surface area (Å²) in [5, 5.41) is 0. The molecule has 1 fully saturated rings. The summed E-state index contributed by atoms with van der Waals surface area (Å²) in [6.45, 7) is 3.69. The third kappa shape index (κ3) is 2.93. The first-order valence-corrected chi connectivity index (χ1v) is 8.86. The lowest BCUT2D eigenvalue weighted by atomic mass is 9.91. The Balaban J connectivity index is 1.53. The van der Waals surface area contributed by atoms with Gasteiger partial charge in [-0.25, -0.2) is 0 Å². The van der Waals surface area contributed by atoms with Crippen LogP contribution in [0.2, 0.25) is 0 Å². The van der Waals surface area contributed by atoms with Crippen molar-refractivity contribution in [3.63, 3.8) is 0 Å². The Labute approximate surface area is 145 Å². The van der Waals surface area contributed by atoms with Crippen LogP contribution in [0.25, 0.3) is 0 Å². The highest BCUT2D eigenvalue weighted by atomic mass is 79.9. The van der Waals surface area contributed by atoms with Gasteiger partial charge in [0.1, 0.15) is 0 Å². The SMILES string of the molecule is O=C1c2ccc(Br)cc2C[C@@H]2CN(Cc3ccccc3)CCN12. The second-order valence-electron chi connectivity index (χ2n) is 6.38. The summed E-state index contributed by atoms with van der Waals surface area (Å²) in [7, 11) is 0. The normalized spacial score (nSPS) is 21.0. The molecule has 2 aliphatic heterocycles. The molecule has 2 aromatic carbocycles. The molecule has 0 aliphatic carbocycles. The molecule has 0 saturated carbocycles. The molecule has 3 nitrogen and oxygen atoms in total. The van der Waals surface area contributed by atoms with Gasteiger partial charge >= 0.3 is 0 Å². The van der Waals surface area contributed by atoms with E-state index < -0.39 is 0 Å². The summed E-state index contributed by atoms with van der Waals surface area (Å²) in [4.78, 5) is 17.3. The fraction of sp³-hybridized carbons (Fsp3) is 0.316. The van der Waals surface area contributed by atoms with Crippen molar-refractivity contribution in [1.29, 1.82) is 0 Å². The monoisotopic (exact) mass is 370 g/mol. The minimum atomic E-state index is 0.197. The van der Waals surface area contributed by atoms with Crippen molar-refractivity contribution in [1.82, 2.24) is 9.80 Å². The number of piperazine rings is 1. The van der Waals surface area contributed by atoms with Crippen molar-refractivity contribution in [2.24, 2.45) is 0 Å². The molecule has 0 N–H and O–H groups in total. The zero-order chi connectivity index (χ0) is 15.8. The highest BCUT2D eigenvalue weighted by Crippen LogP contribution is 2.28. The smallest absolute Gasteiger partial charge is 0.254 e. The number of benzene rings is 2. The third-order valence-corrected chi connectivity index (χ3v) is 5.32. The van der Waals surface area contributed by atoms with Gasteiger partial charge in [0.15, 0.2) is 0 Å². The fourth-order valence-electron chi connectivity index (χ4n) is 3.70. The molecule has 4 heteroatoms. The van der Waals surface area contributed by atoms with E-state index in [1.807, 2.05) is 12.1 Å². The average molecular weight is 371 g/mol. The molecule has 2 aromatic rings. The Hall–Kier alpha value is -1.65. The number of halogens is 1. The molecular formula is C19H19BrN2O. The maximum absolute atomic E-state index is 12.7. The summed E-state index contributed by atoms with van der Waals surface area (Å²) in [6.07, 6.45) is 0.950. The number of carbonyl (C=O) groups excluding carboxylic acids is 1. The largest absolute Gasteiger partial charge is 0.333 e. The lowest BCUT2D eigenvalue weighted by Gasteiger charge is -2.44. The van der Waals surface area contributed by atoms with Crippen molar-refractivity contribution in [2.45, 2.75) is 19.0 Å². The van der Waals surface area contributed by atoms with Crippen molar-refractivity contribution in [2.75, 3.05) is 19.6 Å². The maximum Gasteiger partial charge on any atom is 0.254 e. The summed E-state index contributed by atoms with van der Waals surface area (Å²) in [5.41, 5.74) is 3.39. The highest BCUT2D eigenvalue weighted by Gasteiger charge is 2.36. The predicted octanol–water partition coefficient (Wildman–Crippen LogP) is 3.33. The van der Waals surface area contributed by atoms with Crippen LogP contribution < -0.4 is 0 Å². The molecule has 0 aromatic heterocycles. The lowest BCUT2D eigenvalue weighted by molar-refractivity contribution is 0.0402. The summed E-state index contributed by atoms with van der Waals surface area (Å²) >= 11 is 3.52. The van der Waals surface area contributed by atoms with Gasteiger partial charge in [-0.1, -0.05) is 46.3 Å². The minimum Gasteiger partial charge on any atom is -0.333 e. The summed E-state index contributed by atoms with van der Waals surface area (Å²) < 4.78 is 1.05. The molecule has 0 unspecified atom stereocenters. The Bertz CT molecular complexity index is 731. The average Bonchev–Trinajstić information content (AvgIpc) is 2.55. The van der Waals surface area contributed by atoms with E-state index in [0.29, 0.717) is 6.04 Å². The van der Waals surface area contributed by atoms with E-state index in [1.165, 1.54) is 11.1 Å². The topological polar surface area (TPSA) is 23.6 Å². The first kappa shape index (κ1) is 14.9. The van der Waals surface area contributed by atoms with Crippen LogP contribution >= 0.6 is 15.9 Å². The van der Waals surface area contributed by atoms with Gasteiger partial charge in [-0.3, -0.25) is 9.69 Å². The van der Waals surface area contributed by atoms with Crippen molar-refractivity contribution in [3.8, 4) is 0 Å². The molecule has 1 amide bonds. The van der Waals surface area contributed by atoms with E-state index in [-0.39, 0.29) is 5.91 Å². The highest BCUT2D eigenvalue weighted by molar-refractivity contribution is 9.10. The number of fused-ring (bicyclic) bond motifs is 2. The van der Waals surface area contributed by atoms with Crippen LogP contribution in [0.1, 0.15) is 21.5 Å². The van der Waals surface area contributed by atoms with Crippen molar-refractivity contribution in [3.05, 3.63) is 69.7 Å². The molecule has 4 rings (SSSR count). The summed E-state index contributed by atoms with van der Waals surface area (Å²) in [5.74, 6) is 0.197. The van der Waals surface area contributed by atoms with Crippen molar-refractivity contribution >= 4 is 21.8 Å². The van der Waals surface area contributed by atoms with E-state index in [1.54, 1.807) is 0 Å². The Kier molecular flexibility index (Phi) is 3.95. The molecular weight excluding hydrogens is 352 g/mol. The van der Waals surface area contributed by atoms with Gasteiger partial charge in [-0.05, 0) is 35.7 Å². The van der Waals surface area contributed by atoms with Gasteiger partial charge in [0, 0.05) is 42.3 Å². The number of carbonyl (C=O) groups is 1. The van der Waals surface area contributed by atoms with Crippen molar-refractivity contribution < 1.29 is 4.79 Å². The van der Waals surface area contributed by atoms with Crippen LogP contribution in [0.5, 0.6) is 0 Å².